The number of rotatable bonds is 5. The predicted molar refractivity (Wildman–Crippen MR) is 86.8 cm³/mol. The van der Waals surface area contributed by atoms with Gasteiger partial charge in [-0.1, -0.05) is 6.92 Å². The van der Waals surface area contributed by atoms with Crippen LogP contribution in [0.5, 0.6) is 0 Å². The van der Waals surface area contributed by atoms with Crippen LogP contribution >= 0.6 is 11.3 Å². The third kappa shape index (κ3) is 3.51. The number of H-pyrrole nitrogens is 1. The number of hydrogen-bond acceptors (Lipinski definition) is 5. The third-order valence-electron chi connectivity index (χ3n) is 4.02. The molecule has 1 saturated heterocycles. The molecule has 1 fully saturated rings. The van der Waals surface area contributed by atoms with E-state index in [1.807, 2.05) is 11.4 Å². The molecule has 2 aromatic heterocycles. The lowest BCUT2D eigenvalue weighted by molar-refractivity contribution is 0.162. The molecule has 0 bridgehead atoms. The Kier molecular flexibility index (Phi) is 4.67. The maximum Gasteiger partial charge on any atom is 0.268 e. The molecular weight excluding hydrogens is 284 g/mol. The summed E-state index contributed by atoms with van der Waals surface area (Å²) in [4.78, 5) is 21.9. The van der Waals surface area contributed by atoms with E-state index in [1.165, 1.54) is 24.2 Å². The van der Waals surface area contributed by atoms with Crippen LogP contribution in [-0.2, 0) is 6.54 Å². The Morgan fingerprint density at radius 1 is 1.57 bits per heavy atom. The first-order valence-electron chi connectivity index (χ1n) is 7.65. The van der Waals surface area contributed by atoms with Crippen molar-refractivity contribution < 1.29 is 0 Å². The van der Waals surface area contributed by atoms with Gasteiger partial charge in [0.15, 0.2) is 0 Å². The number of aromatic amines is 1. The number of hydrogen-bond donors (Lipinski definition) is 2. The van der Waals surface area contributed by atoms with E-state index < -0.39 is 0 Å². The van der Waals surface area contributed by atoms with Crippen molar-refractivity contribution in [3.63, 3.8) is 0 Å². The summed E-state index contributed by atoms with van der Waals surface area (Å²) in [5.74, 6) is 1.49. The Morgan fingerprint density at radius 3 is 3.33 bits per heavy atom. The van der Waals surface area contributed by atoms with E-state index in [0.29, 0.717) is 5.92 Å². The van der Waals surface area contributed by atoms with Crippen LogP contribution in [-0.4, -0.2) is 41.0 Å². The van der Waals surface area contributed by atoms with Gasteiger partial charge in [-0.2, -0.15) is 0 Å². The maximum atomic E-state index is 12.0. The number of nitrogens with one attached hydrogen (secondary N) is 2. The average Bonchev–Trinajstić information content (AvgIpc) is 2.94. The molecule has 5 nitrogen and oxygen atoms in total. The molecule has 2 aromatic rings. The molecule has 3 heterocycles. The summed E-state index contributed by atoms with van der Waals surface area (Å²) < 4.78 is 0.724. The Bertz CT molecular complexity index is 650. The van der Waals surface area contributed by atoms with Crippen molar-refractivity contribution >= 4 is 21.6 Å². The van der Waals surface area contributed by atoms with Gasteiger partial charge in [-0.3, -0.25) is 9.69 Å². The van der Waals surface area contributed by atoms with Crippen molar-refractivity contribution in [2.24, 2.45) is 5.92 Å². The lowest BCUT2D eigenvalue weighted by Gasteiger charge is -2.32. The minimum absolute atomic E-state index is 0.00814. The van der Waals surface area contributed by atoms with Gasteiger partial charge in [-0.15, -0.1) is 11.3 Å². The van der Waals surface area contributed by atoms with E-state index in [-0.39, 0.29) is 5.56 Å². The summed E-state index contributed by atoms with van der Waals surface area (Å²) >= 11 is 1.45. The van der Waals surface area contributed by atoms with E-state index in [9.17, 15) is 4.79 Å². The van der Waals surface area contributed by atoms with Crippen molar-refractivity contribution in [1.82, 2.24) is 20.2 Å². The maximum absolute atomic E-state index is 12.0. The summed E-state index contributed by atoms with van der Waals surface area (Å²) in [6.45, 7) is 7.17. The van der Waals surface area contributed by atoms with Crippen LogP contribution in [0.15, 0.2) is 16.2 Å². The standard InChI is InChI=1S/C15H22N4OS/c1-2-16-8-11-4-3-6-19(9-11)10-13-17-12-5-7-21-14(12)15(20)18-13/h5,7,11,16H,2-4,6,8-10H2,1H3,(H,17,18,20). The van der Waals surface area contributed by atoms with Crippen LogP contribution in [0.4, 0.5) is 0 Å². The van der Waals surface area contributed by atoms with Gasteiger partial charge in [0.2, 0.25) is 0 Å². The second kappa shape index (κ2) is 6.68. The highest BCUT2D eigenvalue weighted by Gasteiger charge is 2.20. The molecule has 1 aliphatic heterocycles. The summed E-state index contributed by atoms with van der Waals surface area (Å²) in [6, 6.07) is 1.92. The van der Waals surface area contributed by atoms with E-state index in [4.69, 9.17) is 0 Å². The molecule has 6 heteroatoms. The Morgan fingerprint density at radius 2 is 2.48 bits per heavy atom. The van der Waals surface area contributed by atoms with Gasteiger partial charge in [-0.25, -0.2) is 4.98 Å². The molecule has 0 aromatic carbocycles. The van der Waals surface area contributed by atoms with Crippen molar-refractivity contribution in [3.05, 3.63) is 27.6 Å². The quantitative estimate of drug-likeness (QED) is 0.884. The van der Waals surface area contributed by atoms with Crippen molar-refractivity contribution in [1.29, 1.82) is 0 Å². The van der Waals surface area contributed by atoms with E-state index >= 15 is 0 Å². The van der Waals surface area contributed by atoms with Crippen LogP contribution in [0, 0.1) is 5.92 Å². The Labute approximate surface area is 128 Å². The van der Waals surface area contributed by atoms with Gasteiger partial charge >= 0.3 is 0 Å². The number of aromatic nitrogens is 2. The van der Waals surface area contributed by atoms with E-state index in [0.717, 1.165) is 48.8 Å². The first-order chi connectivity index (χ1) is 10.3. The number of fused-ring (bicyclic) bond motifs is 1. The molecule has 0 spiro atoms. The number of likely N-dealkylation sites (tertiary alicyclic amines) is 1. The molecule has 2 N–H and O–H groups in total. The van der Waals surface area contributed by atoms with Crippen molar-refractivity contribution in [3.8, 4) is 0 Å². The fourth-order valence-electron chi connectivity index (χ4n) is 3.02. The summed E-state index contributed by atoms with van der Waals surface area (Å²) in [5, 5.41) is 5.35. The van der Waals surface area contributed by atoms with Gasteiger partial charge < -0.3 is 10.3 Å². The lowest BCUT2D eigenvalue weighted by Crippen LogP contribution is -2.39. The van der Waals surface area contributed by atoms with Crippen LogP contribution in [0.2, 0.25) is 0 Å². The van der Waals surface area contributed by atoms with E-state index in [1.54, 1.807) is 0 Å². The Balaban J connectivity index is 1.68. The minimum atomic E-state index is -0.00814. The molecule has 21 heavy (non-hydrogen) atoms. The molecule has 0 aliphatic carbocycles. The Hall–Kier alpha value is -1.24. The van der Waals surface area contributed by atoms with Gasteiger partial charge in [0.05, 0.1) is 12.1 Å². The fourth-order valence-corrected chi connectivity index (χ4v) is 3.74. The van der Waals surface area contributed by atoms with Gasteiger partial charge in [0.1, 0.15) is 10.5 Å². The SMILES string of the molecule is CCNCC1CCCN(Cc2nc3ccsc3c(=O)[nH]2)C1. The van der Waals surface area contributed by atoms with Crippen LogP contribution in [0.25, 0.3) is 10.2 Å². The normalized spacial score (nSPS) is 20.1. The first kappa shape index (κ1) is 14.7. The number of thiophene rings is 1. The molecule has 0 saturated carbocycles. The zero-order valence-electron chi connectivity index (χ0n) is 12.4. The fraction of sp³-hybridized carbons (Fsp3) is 0.600. The molecule has 0 radical (unpaired) electrons. The van der Waals surface area contributed by atoms with Crippen molar-refractivity contribution in [2.45, 2.75) is 26.3 Å². The summed E-state index contributed by atoms with van der Waals surface area (Å²) in [5.41, 5.74) is 0.811. The minimum Gasteiger partial charge on any atom is -0.317 e. The number of nitrogens with zero attached hydrogens (tertiary/aromatic N) is 2. The molecule has 114 valence electrons. The highest BCUT2D eigenvalue weighted by atomic mass is 32.1. The van der Waals surface area contributed by atoms with Crippen LogP contribution in [0.3, 0.4) is 0 Å². The van der Waals surface area contributed by atoms with Gasteiger partial charge in [0.25, 0.3) is 5.56 Å². The van der Waals surface area contributed by atoms with Crippen molar-refractivity contribution in [2.75, 3.05) is 26.2 Å². The number of piperidine rings is 1. The monoisotopic (exact) mass is 306 g/mol. The topological polar surface area (TPSA) is 61.0 Å². The zero-order valence-corrected chi connectivity index (χ0v) is 13.2. The molecule has 1 aliphatic rings. The summed E-state index contributed by atoms with van der Waals surface area (Å²) in [7, 11) is 0. The van der Waals surface area contributed by atoms with Crippen LogP contribution in [0.1, 0.15) is 25.6 Å². The summed E-state index contributed by atoms with van der Waals surface area (Å²) in [6.07, 6.45) is 2.51. The first-order valence-corrected chi connectivity index (χ1v) is 8.53. The molecular formula is C15H22N4OS. The average molecular weight is 306 g/mol. The largest absolute Gasteiger partial charge is 0.317 e. The highest BCUT2D eigenvalue weighted by molar-refractivity contribution is 7.17. The second-order valence-corrected chi connectivity index (χ2v) is 6.61. The zero-order chi connectivity index (χ0) is 14.7. The molecule has 3 rings (SSSR count). The molecule has 1 unspecified atom stereocenters. The third-order valence-corrected chi connectivity index (χ3v) is 4.93. The highest BCUT2D eigenvalue weighted by Crippen LogP contribution is 2.18. The second-order valence-electron chi connectivity index (χ2n) is 5.70. The lowest BCUT2D eigenvalue weighted by atomic mass is 9.98. The smallest absolute Gasteiger partial charge is 0.268 e. The van der Waals surface area contributed by atoms with Crippen LogP contribution < -0.4 is 10.9 Å². The predicted octanol–water partition coefficient (Wildman–Crippen LogP) is 1.81. The molecule has 0 amide bonds. The van der Waals surface area contributed by atoms with Gasteiger partial charge in [-0.05, 0) is 49.8 Å². The van der Waals surface area contributed by atoms with E-state index in [2.05, 4.69) is 27.1 Å². The van der Waals surface area contributed by atoms with Gasteiger partial charge in [0, 0.05) is 6.54 Å². The molecule has 1 atom stereocenters.